The minimum atomic E-state index is -0.323. The second-order valence-corrected chi connectivity index (χ2v) is 5.63. The maximum atomic E-state index is 11.8. The van der Waals surface area contributed by atoms with Crippen molar-refractivity contribution in [2.24, 2.45) is 5.92 Å². The van der Waals surface area contributed by atoms with Gasteiger partial charge >= 0.3 is 5.97 Å². The lowest BCUT2D eigenvalue weighted by Gasteiger charge is -2.18. The molecule has 0 amide bonds. The van der Waals surface area contributed by atoms with Gasteiger partial charge in [0, 0.05) is 13.1 Å². The van der Waals surface area contributed by atoms with Crippen molar-refractivity contribution in [2.75, 3.05) is 7.11 Å². The number of nitrogens with zero attached hydrogens (tertiary/aromatic N) is 2. The van der Waals surface area contributed by atoms with Gasteiger partial charge in [-0.25, -0.2) is 0 Å². The van der Waals surface area contributed by atoms with Crippen LogP contribution in [0.1, 0.15) is 38.6 Å². The van der Waals surface area contributed by atoms with E-state index in [1.165, 1.54) is 7.11 Å². The summed E-state index contributed by atoms with van der Waals surface area (Å²) in [6.07, 6.45) is 0.726. The van der Waals surface area contributed by atoms with Gasteiger partial charge < -0.3 is 4.74 Å². The van der Waals surface area contributed by atoms with Crippen LogP contribution in [0.4, 0.5) is 0 Å². The van der Waals surface area contributed by atoms with Crippen LogP contribution >= 0.6 is 11.6 Å². The van der Waals surface area contributed by atoms with Gasteiger partial charge in [-0.1, -0.05) is 25.4 Å². The lowest BCUT2D eigenvalue weighted by atomic mass is 10.0. The number of esters is 1. The van der Waals surface area contributed by atoms with E-state index in [-0.39, 0.29) is 12.0 Å². The highest BCUT2D eigenvalue weighted by molar-refractivity contribution is 6.31. The molecule has 114 valence electrons. The number of rotatable bonds is 7. The fourth-order valence-corrected chi connectivity index (χ4v) is 2.34. The van der Waals surface area contributed by atoms with Crippen molar-refractivity contribution in [2.45, 2.75) is 53.2 Å². The van der Waals surface area contributed by atoms with Crippen molar-refractivity contribution in [3.63, 3.8) is 0 Å². The van der Waals surface area contributed by atoms with Crippen molar-refractivity contribution in [1.82, 2.24) is 15.1 Å². The predicted octanol–water partition coefficient (Wildman–Crippen LogP) is 2.54. The summed E-state index contributed by atoms with van der Waals surface area (Å²) in [4.78, 5) is 11.8. The number of aryl methyl sites for hydroxylation is 2. The van der Waals surface area contributed by atoms with Crippen molar-refractivity contribution in [3.05, 3.63) is 16.4 Å². The fourth-order valence-electron chi connectivity index (χ4n) is 2.13. The molecule has 0 fully saturated rings. The summed E-state index contributed by atoms with van der Waals surface area (Å²) in [5.41, 5.74) is 1.72. The monoisotopic (exact) mass is 301 g/mol. The van der Waals surface area contributed by atoms with E-state index in [0.717, 1.165) is 24.4 Å². The van der Waals surface area contributed by atoms with Gasteiger partial charge in [-0.05, 0) is 26.2 Å². The second kappa shape index (κ2) is 7.64. The van der Waals surface area contributed by atoms with E-state index in [1.807, 2.05) is 18.5 Å². The molecule has 5 nitrogen and oxygen atoms in total. The number of hydrogen-bond acceptors (Lipinski definition) is 4. The van der Waals surface area contributed by atoms with Gasteiger partial charge in [0.2, 0.25) is 0 Å². The standard InChI is InChI=1S/C14H24ClN3O2/c1-6-18-12(13(15)10(4)17-18)8-16-11(7-9(2)3)14(19)20-5/h9,11,16H,6-8H2,1-5H3. The average molecular weight is 302 g/mol. The van der Waals surface area contributed by atoms with Crippen LogP contribution in [0.15, 0.2) is 0 Å². The molecule has 1 atom stereocenters. The van der Waals surface area contributed by atoms with Crippen LogP contribution in [0.5, 0.6) is 0 Å². The van der Waals surface area contributed by atoms with Gasteiger partial charge in [-0.2, -0.15) is 5.10 Å². The normalized spacial score (nSPS) is 12.8. The first-order valence-electron chi connectivity index (χ1n) is 6.93. The van der Waals surface area contributed by atoms with Crippen LogP contribution in [0.25, 0.3) is 0 Å². The van der Waals surface area contributed by atoms with Gasteiger partial charge in [-0.3, -0.25) is 14.8 Å². The fraction of sp³-hybridized carbons (Fsp3) is 0.714. The van der Waals surface area contributed by atoms with Crippen LogP contribution in [-0.2, 0) is 22.6 Å². The quantitative estimate of drug-likeness (QED) is 0.786. The lowest BCUT2D eigenvalue weighted by molar-refractivity contribution is -0.143. The van der Waals surface area contributed by atoms with Crippen molar-refractivity contribution >= 4 is 17.6 Å². The number of nitrogens with one attached hydrogen (secondary N) is 1. The summed E-state index contributed by atoms with van der Waals surface area (Å²) in [7, 11) is 1.41. The minimum absolute atomic E-state index is 0.242. The van der Waals surface area contributed by atoms with E-state index in [1.54, 1.807) is 0 Å². The Kier molecular flexibility index (Phi) is 6.49. The summed E-state index contributed by atoms with van der Waals surface area (Å²) in [5.74, 6) is 0.161. The number of ether oxygens (including phenoxy) is 1. The maximum Gasteiger partial charge on any atom is 0.322 e. The molecule has 0 aliphatic carbocycles. The molecule has 20 heavy (non-hydrogen) atoms. The Morgan fingerprint density at radius 2 is 2.15 bits per heavy atom. The van der Waals surface area contributed by atoms with E-state index in [0.29, 0.717) is 17.5 Å². The summed E-state index contributed by atoms with van der Waals surface area (Å²) >= 11 is 6.26. The Labute approximate surface area is 125 Å². The molecule has 1 unspecified atom stereocenters. The van der Waals surface area contributed by atoms with E-state index < -0.39 is 0 Å². The van der Waals surface area contributed by atoms with Gasteiger partial charge in [0.25, 0.3) is 0 Å². The Bertz CT molecular complexity index is 458. The summed E-state index contributed by atoms with van der Waals surface area (Å²) < 4.78 is 6.69. The maximum absolute atomic E-state index is 11.8. The Morgan fingerprint density at radius 1 is 1.50 bits per heavy atom. The average Bonchev–Trinajstić information content (AvgIpc) is 2.69. The third-order valence-corrected chi connectivity index (χ3v) is 3.65. The van der Waals surface area contributed by atoms with Crippen LogP contribution in [0.3, 0.4) is 0 Å². The number of halogens is 1. The Balaban J connectivity index is 2.79. The molecule has 0 bridgehead atoms. The second-order valence-electron chi connectivity index (χ2n) is 5.25. The van der Waals surface area contributed by atoms with Gasteiger partial charge in [0.05, 0.1) is 23.5 Å². The van der Waals surface area contributed by atoms with Crippen LogP contribution in [-0.4, -0.2) is 28.9 Å². The number of carbonyl (C=O) groups excluding carboxylic acids is 1. The molecular weight excluding hydrogens is 278 g/mol. The first-order chi connectivity index (χ1) is 9.40. The first kappa shape index (κ1) is 17.0. The number of carbonyl (C=O) groups is 1. The highest BCUT2D eigenvalue weighted by Crippen LogP contribution is 2.20. The highest BCUT2D eigenvalue weighted by Gasteiger charge is 2.21. The molecule has 1 N–H and O–H groups in total. The molecule has 1 rings (SSSR count). The van der Waals surface area contributed by atoms with Crippen molar-refractivity contribution < 1.29 is 9.53 Å². The Hall–Kier alpha value is -1.07. The number of methoxy groups -OCH3 is 1. The third kappa shape index (κ3) is 4.21. The summed E-state index contributed by atoms with van der Waals surface area (Å²) in [6.45, 7) is 9.29. The topological polar surface area (TPSA) is 56.2 Å². The molecule has 0 saturated heterocycles. The summed E-state index contributed by atoms with van der Waals surface area (Å²) in [5, 5.41) is 8.25. The predicted molar refractivity (Wildman–Crippen MR) is 79.7 cm³/mol. The van der Waals surface area contributed by atoms with Crippen molar-refractivity contribution in [1.29, 1.82) is 0 Å². The van der Waals surface area contributed by atoms with Crippen LogP contribution in [0.2, 0.25) is 5.02 Å². The molecular formula is C14H24ClN3O2. The zero-order chi connectivity index (χ0) is 15.3. The molecule has 6 heteroatoms. The lowest BCUT2D eigenvalue weighted by Crippen LogP contribution is -2.38. The van der Waals surface area contributed by atoms with E-state index in [4.69, 9.17) is 16.3 Å². The minimum Gasteiger partial charge on any atom is -0.468 e. The van der Waals surface area contributed by atoms with Gasteiger partial charge in [0.15, 0.2) is 0 Å². The number of hydrogen-bond donors (Lipinski definition) is 1. The van der Waals surface area contributed by atoms with Crippen molar-refractivity contribution in [3.8, 4) is 0 Å². The SMILES string of the molecule is CCn1nc(C)c(Cl)c1CNC(CC(C)C)C(=O)OC. The Morgan fingerprint density at radius 3 is 2.65 bits per heavy atom. The molecule has 0 aromatic carbocycles. The first-order valence-corrected chi connectivity index (χ1v) is 7.31. The smallest absolute Gasteiger partial charge is 0.322 e. The van der Waals surface area contributed by atoms with Gasteiger partial charge in [0.1, 0.15) is 6.04 Å². The largest absolute Gasteiger partial charge is 0.468 e. The molecule has 1 aromatic rings. The van der Waals surface area contributed by atoms with E-state index in [2.05, 4.69) is 24.3 Å². The molecule has 0 aliphatic rings. The van der Waals surface area contributed by atoms with Gasteiger partial charge in [-0.15, -0.1) is 0 Å². The third-order valence-electron chi connectivity index (χ3n) is 3.16. The molecule has 0 spiro atoms. The van der Waals surface area contributed by atoms with E-state index in [9.17, 15) is 4.79 Å². The molecule has 0 saturated carbocycles. The number of aromatic nitrogens is 2. The van der Waals surface area contributed by atoms with Crippen LogP contribution in [0, 0.1) is 12.8 Å². The van der Waals surface area contributed by atoms with Crippen LogP contribution < -0.4 is 5.32 Å². The highest BCUT2D eigenvalue weighted by atomic mass is 35.5. The molecule has 0 radical (unpaired) electrons. The zero-order valence-corrected chi connectivity index (χ0v) is 13.6. The van der Waals surface area contributed by atoms with E-state index >= 15 is 0 Å². The zero-order valence-electron chi connectivity index (χ0n) is 12.9. The molecule has 1 aromatic heterocycles. The molecule has 1 heterocycles. The molecule has 0 aliphatic heterocycles. The summed E-state index contributed by atoms with van der Waals surface area (Å²) in [6, 6.07) is -0.323.